The first-order chi connectivity index (χ1) is 19.3. The van der Waals surface area contributed by atoms with E-state index in [-0.39, 0.29) is 0 Å². The molecule has 0 saturated carbocycles. The topological polar surface area (TPSA) is 243 Å². The SMILES string of the molecule is OB(O)O.OB(O)O.OB(O)O.OB(O)O.c1ccc([PH](c2ccccc2)(c2ccccc2)c2ccccc2)cc1. The van der Waals surface area contributed by atoms with Gasteiger partial charge in [0.1, 0.15) is 0 Å². The first-order valence-electron chi connectivity index (χ1n) is 11.7. The second-order valence-corrected chi connectivity index (χ2v) is 11.4. The second kappa shape index (κ2) is 21.8. The molecular weight excluding hydrogens is 554 g/mol. The van der Waals surface area contributed by atoms with Crippen LogP contribution in [0.5, 0.6) is 0 Å². The number of hydrogen-bond donors (Lipinski definition) is 12. The van der Waals surface area contributed by atoms with E-state index in [0.29, 0.717) is 0 Å². The van der Waals surface area contributed by atoms with Gasteiger partial charge in [-0.2, -0.15) is 0 Å². The molecular formula is C24H33B4O12P. The van der Waals surface area contributed by atoms with Crippen LogP contribution in [0, 0.1) is 0 Å². The van der Waals surface area contributed by atoms with Gasteiger partial charge in [-0.05, 0) is 0 Å². The summed E-state index contributed by atoms with van der Waals surface area (Å²) >= 11 is 0. The Balaban J connectivity index is 0.000000830. The van der Waals surface area contributed by atoms with Gasteiger partial charge in [0, 0.05) is 0 Å². The summed E-state index contributed by atoms with van der Waals surface area (Å²) in [5.41, 5.74) is 0. The molecule has 218 valence electrons. The van der Waals surface area contributed by atoms with Crippen molar-refractivity contribution in [1.82, 2.24) is 0 Å². The molecule has 0 aliphatic rings. The van der Waals surface area contributed by atoms with E-state index in [9.17, 15) is 0 Å². The molecule has 0 aliphatic heterocycles. The standard InChI is InChI=1S/C24H21P.4BH3O3/c1-5-13-21(14-6-1)25(22-15-7-2-8-16-22,23-17-9-3-10-18-23)24-19-11-4-12-20-24;4*2-1(3)4/h1-20,25H;4*2-4H. The molecule has 0 fully saturated rings. The summed E-state index contributed by atoms with van der Waals surface area (Å²) in [5.74, 6) is 0. The molecule has 4 aromatic carbocycles. The van der Waals surface area contributed by atoms with Gasteiger partial charge in [0.15, 0.2) is 0 Å². The second-order valence-electron chi connectivity index (χ2n) is 7.60. The van der Waals surface area contributed by atoms with Gasteiger partial charge in [-0.1, -0.05) is 0 Å². The van der Waals surface area contributed by atoms with E-state index in [1.807, 2.05) is 0 Å². The van der Waals surface area contributed by atoms with E-state index in [0.717, 1.165) is 0 Å². The zero-order valence-electron chi connectivity index (χ0n) is 21.7. The molecule has 0 amide bonds. The zero-order valence-corrected chi connectivity index (χ0v) is 22.7. The van der Waals surface area contributed by atoms with Crippen LogP contribution in [0.15, 0.2) is 121 Å². The van der Waals surface area contributed by atoms with Gasteiger partial charge < -0.3 is 60.3 Å². The minimum atomic E-state index is -2.30. The number of hydrogen-bond acceptors (Lipinski definition) is 12. The molecule has 4 rings (SSSR count). The normalized spacial score (nSPS) is 9.85. The molecule has 0 heterocycles. The molecule has 0 aromatic heterocycles. The molecule has 0 aliphatic carbocycles. The fourth-order valence-electron chi connectivity index (χ4n) is 3.75. The van der Waals surface area contributed by atoms with E-state index in [2.05, 4.69) is 121 Å². The van der Waals surface area contributed by atoms with Gasteiger partial charge in [0.05, 0.1) is 0 Å². The van der Waals surface area contributed by atoms with E-state index < -0.39 is 36.5 Å². The van der Waals surface area contributed by atoms with Crippen molar-refractivity contribution in [3.05, 3.63) is 121 Å². The van der Waals surface area contributed by atoms with Crippen LogP contribution >= 0.6 is 7.26 Å². The summed E-state index contributed by atoms with van der Waals surface area (Å²) in [6.45, 7) is 0. The van der Waals surface area contributed by atoms with Crippen LogP contribution in [-0.4, -0.2) is 89.6 Å². The Bertz CT molecular complexity index is 952. The maximum atomic E-state index is 7.17. The van der Waals surface area contributed by atoms with Gasteiger partial charge >= 0.3 is 179 Å². The van der Waals surface area contributed by atoms with E-state index in [1.54, 1.807) is 0 Å². The van der Waals surface area contributed by atoms with Crippen LogP contribution in [0.3, 0.4) is 0 Å². The third-order valence-corrected chi connectivity index (χ3v) is 9.62. The Kier molecular flexibility index (Phi) is 20.2. The third kappa shape index (κ3) is 16.2. The number of benzene rings is 4. The molecule has 17 heteroatoms. The average Bonchev–Trinajstić information content (AvgIpc) is 2.91. The van der Waals surface area contributed by atoms with Crippen LogP contribution in [0.4, 0.5) is 0 Å². The van der Waals surface area contributed by atoms with E-state index >= 15 is 0 Å². The van der Waals surface area contributed by atoms with Crippen molar-refractivity contribution in [2.45, 2.75) is 0 Å². The van der Waals surface area contributed by atoms with Crippen molar-refractivity contribution in [1.29, 1.82) is 0 Å². The summed E-state index contributed by atoms with van der Waals surface area (Å²) < 4.78 is 0. The van der Waals surface area contributed by atoms with Crippen LogP contribution < -0.4 is 21.2 Å². The molecule has 12 N–H and O–H groups in total. The Labute approximate surface area is 239 Å². The Hall–Kier alpha value is -2.91. The zero-order chi connectivity index (χ0) is 31.3. The fourth-order valence-corrected chi connectivity index (χ4v) is 8.52. The van der Waals surface area contributed by atoms with Gasteiger partial charge in [-0.15, -0.1) is 0 Å². The third-order valence-electron chi connectivity index (χ3n) is 4.83. The molecule has 12 nitrogen and oxygen atoms in total. The van der Waals surface area contributed by atoms with E-state index in [1.165, 1.54) is 21.2 Å². The summed E-state index contributed by atoms with van der Waals surface area (Å²) in [4.78, 5) is 0. The van der Waals surface area contributed by atoms with Crippen molar-refractivity contribution in [2.24, 2.45) is 0 Å². The van der Waals surface area contributed by atoms with Gasteiger partial charge in [0.25, 0.3) is 0 Å². The van der Waals surface area contributed by atoms with Crippen LogP contribution in [-0.2, 0) is 0 Å². The van der Waals surface area contributed by atoms with Crippen LogP contribution in [0.1, 0.15) is 0 Å². The summed E-state index contributed by atoms with van der Waals surface area (Å²) in [6.07, 6.45) is 0. The van der Waals surface area contributed by atoms with Gasteiger partial charge in [0.2, 0.25) is 0 Å². The molecule has 0 atom stereocenters. The van der Waals surface area contributed by atoms with E-state index in [4.69, 9.17) is 60.3 Å². The van der Waals surface area contributed by atoms with Gasteiger partial charge in [-0.3, -0.25) is 0 Å². The Morgan fingerprint density at radius 1 is 0.268 bits per heavy atom. The summed E-state index contributed by atoms with van der Waals surface area (Å²) in [7, 11) is -11.0. The first kappa shape index (κ1) is 38.1. The summed E-state index contributed by atoms with van der Waals surface area (Å²) in [5, 5.41) is 91.7. The molecule has 0 radical (unpaired) electrons. The predicted molar refractivity (Wildman–Crippen MR) is 162 cm³/mol. The van der Waals surface area contributed by atoms with Crippen molar-refractivity contribution >= 4 is 57.8 Å². The van der Waals surface area contributed by atoms with Crippen LogP contribution in [0.25, 0.3) is 0 Å². The fraction of sp³-hybridized carbons (Fsp3) is 0. The first-order valence-corrected chi connectivity index (χ1v) is 13.7. The summed E-state index contributed by atoms with van der Waals surface area (Å²) in [6, 6.07) is 44.0. The molecule has 0 bridgehead atoms. The molecule has 0 spiro atoms. The molecule has 0 saturated heterocycles. The average molecular weight is 588 g/mol. The quantitative estimate of drug-likeness (QED) is 0.0804. The van der Waals surface area contributed by atoms with Crippen molar-refractivity contribution < 1.29 is 60.3 Å². The molecule has 41 heavy (non-hydrogen) atoms. The van der Waals surface area contributed by atoms with Crippen molar-refractivity contribution in [2.75, 3.05) is 0 Å². The Morgan fingerprint density at radius 3 is 0.512 bits per heavy atom. The molecule has 0 unspecified atom stereocenters. The van der Waals surface area contributed by atoms with Gasteiger partial charge in [-0.25, -0.2) is 0 Å². The Morgan fingerprint density at radius 2 is 0.390 bits per heavy atom. The van der Waals surface area contributed by atoms with Crippen molar-refractivity contribution in [3.8, 4) is 0 Å². The van der Waals surface area contributed by atoms with Crippen molar-refractivity contribution in [3.63, 3.8) is 0 Å². The predicted octanol–water partition coefficient (Wildman–Crippen LogP) is -4.17. The maximum absolute atomic E-state index is 7.17. The number of rotatable bonds is 4. The molecule has 4 aromatic rings. The van der Waals surface area contributed by atoms with Crippen LogP contribution in [0.2, 0.25) is 0 Å². The monoisotopic (exact) mass is 588 g/mol. The minimum absolute atomic E-state index is 1.42.